The van der Waals surface area contributed by atoms with E-state index in [0.717, 1.165) is 32.4 Å². The van der Waals surface area contributed by atoms with Crippen molar-refractivity contribution in [2.24, 2.45) is 13.0 Å². The first-order valence-corrected chi connectivity index (χ1v) is 9.23. The Bertz CT molecular complexity index is 667. The predicted molar refractivity (Wildman–Crippen MR) is 93.6 cm³/mol. The summed E-state index contributed by atoms with van der Waals surface area (Å²) in [5, 5.41) is 11.9. The number of carbonyl (C=O) groups is 1. The number of piperidine rings is 1. The smallest absolute Gasteiger partial charge is 0.235 e. The number of thioether (sulfide) groups is 1. The summed E-state index contributed by atoms with van der Waals surface area (Å²) in [7, 11) is 1.79. The second kappa shape index (κ2) is 7.79. The van der Waals surface area contributed by atoms with Crippen molar-refractivity contribution in [3.63, 3.8) is 0 Å². The maximum atomic E-state index is 12.6. The fourth-order valence-corrected chi connectivity index (χ4v) is 3.93. The van der Waals surface area contributed by atoms with Crippen LogP contribution in [0.4, 0.5) is 0 Å². The Kier molecular flexibility index (Phi) is 5.50. The molecule has 0 bridgehead atoms. The zero-order chi connectivity index (χ0) is 16.9. The van der Waals surface area contributed by atoms with Crippen LogP contribution in [0.1, 0.15) is 25.3 Å². The van der Waals surface area contributed by atoms with E-state index >= 15 is 0 Å². The fraction of sp³-hybridized carbons (Fsp3) is 0.529. The van der Waals surface area contributed by atoms with Crippen molar-refractivity contribution in [2.75, 3.05) is 13.1 Å². The maximum absolute atomic E-state index is 12.6. The number of aromatic nitrogens is 4. The molecular weight excluding hydrogens is 322 g/mol. The van der Waals surface area contributed by atoms with Gasteiger partial charge in [-0.3, -0.25) is 4.79 Å². The molecule has 0 N–H and O–H groups in total. The zero-order valence-corrected chi connectivity index (χ0v) is 14.9. The van der Waals surface area contributed by atoms with E-state index in [1.54, 1.807) is 11.7 Å². The number of nitrogens with zero attached hydrogens (tertiary/aromatic N) is 5. The molecule has 6 nitrogen and oxygen atoms in total. The highest BCUT2D eigenvalue weighted by molar-refractivity contribution is 8.00. The van der Waals surface area contributed by atoms with E-state index in [0.29, 0.717) is 11.1 Å². The molecule has 1 aliphatic rings. The van der Waals surface area contributed by atoms with E-state index in [1.165, 1.54) is 17.3 Å². The first-order valence-electron chi connectivity index (χ1n) is 8.35. The number of benzene rings is 1. The third-order valence-electron chi connectivity index (χ3n) is 4.50. The normalized spacial score (nSPS) is 17.0. The molecule has 1 amide bonds. The summed E-state index contributed by atoms with van der Waals surface area (Å²) >= 11 is 1.42. The maximum Gasteiger partial charge on any atom is 0.235 e. The van der Waals surface area contributed by atoms with E-state index in [-0.39, 0.29) is 11.2 Å². The lowest BCUT2D eigenvalue weighted by Gasteiger charge is -2.33. The van der Waals surface area contributed by atoms with E-state index in [1.807, 2.05) is 11.8 Å². The lowest BCUT2D eigenvalue weighted by molar-refractivity contribution is -0.131. The van der Waals surface area contributed by atoms with E-state index < -0.39 is 0 Å². The predicted octanol–water partition coefficient (Wildman–Crippen LogP) is 2.17. The molecule has 24 heavy (non-hydrogen) atoms. The van der Waals surface area contributed by atoms with Crippen molar-refractivity contribution in [1.82, 2.24) is 25.1 Å². The van der Waals surface area contributed by atoms with Crippen LogP contribution in [-0.2, 0) is 18.3 Å². The summed E-state index contributed by atoms with van der Waals surface area (Å²) in [5.41, 5.74) is 1.39. The minimum Gasteiger partial charge on any atom is -0.342 e. The summed E-state index contributed by atoms with van der Waals surface area (Å²) in [6.07, 6.45) is 3.25. The highest BCUT2D eigenvalue weighted by Crippen LogP contribution is 2.25. The van der Waals surface area contributed by atoms with Gasteiger partial charge >= 0.3 is 0 Å². The third kappa shape index (κ3) is 4.14. The molecule has 7 heteroatoms. The van der Waals surface area contributed by atoms with Crippen LogP contribution in [0.2, 0.25) is 0 Å². The largest absolute Gasteiger partial charge is 0.342 e. The van der Waals surface area contributed by atoms with Gasteiger partial charge in [-0.05, 0) is 48.1 Å². The number of rotatable bonds is 5. The van der Waals surface area contributed by atoms with Crippen molar-refractivity contribution in [1.29, 1.82) is 0 Å². The van der Waals surface area contributed by atoms with Crippen LogP contribution in [0.5, 0.6) is 0 Å². The number of carbonyl (C=O) groups excluding carboxylic acids is 1. The molecule has 1 fully saturated rings. The Morgan fingerprint density at radius 1 is 1.29 bits per heavy atom. The van der Waals surface area contributed by atoms with Crippen LogP contribution >= 0.6 is 11.8 Å². The van der Waals surface area contributed by atoms with Crippen LogP contribution in [0.3, 0.4) is 0 Å². The first-order chi connectivity index (χ1) is 11.6. The zero-order valence-electron chi connectivity index (χ0n) is 14.1. The Morgan fingerprint density at radius 2 is 2.00 bits per heavy atom. The Balaban J connectivity index is 1.49. The fourth-order valence-electron chi connectivity index (χ4n) is 3.09. The van der Waals surface area contributed by atoms with Crippen LogP contribution in [0, 0.1) is 5.92 Å². The van der Waals surface area contributed by atoms with Gasteiger partial charge in [-0.15, -0.1) is 5.10 Å². The van der Waals surface area contributed by atoms with Gasteiger partial charge in [0.25, 0.3) is 0 Å². The van der Waals surface area contributed by atoms with Gasteiger partial charge in [0, 0.05) is 20.1 Å². The molecular formula is C17H23N5OS. The lowest BCUT2D eigenvalue weighted by atomic mass is 9.90. The molecule has 1 aromatic carbocycles. The van der Waals surface area contributed by atoms with Gasteiger partial charge in [0.05, 0.1) is 5.25 Å². The van der Waals surface area contributed by atoms with Crippen LogP contribution in [-0.4, -0.2) is 49.4 Å². The third-order valence-corrected chi connectivity index (χ3v) is 5.62. The van der Waals surface area contributed by atoms with Gasteiger partial charge in [-0.25, -0.2) is 4.68 Å². The second-order valence-electron chi connectivity index (χ2n) is 6.30. The average molecular weight is 345 g/mol. The molecule has 1 saturated heterocycles. The summed E-state index contributed by atoms with van der Waals surface area (Å²) in [6.45, 7) is 3.62. The summed E-state index contributed by atoms with van der Waals surface area (Å²) in [5.74, 6) is 0.850. The lowest BCUT2D eigenvalue weighted by Crippen LogP contribution is -2.42. The van der Waals surface area contributed by atoms with Gasteiger partial charge in [-0.2, -0.15) is 0 Å². The molecule has 2 heterocycles. The molecule has 128 valence electrons. The van der Waals surface area contributed by atoms with Crippen LogP contribution in [0.25, 0.3) is 0 Å². The molecule has 3 rings (SSSR count). The second-order valence-corrected chi connectivity index (χ2v) is 7.61. The SMILES string of the molecule is C[C@H](Sc1nnnn1C)C(=O)N1CCC(Cc2ccccc2)CC1. The van der Waals surface area contributed by atoms with Gasteiger partial charge in [-0.1, -0.05) is 42.1 Å². The minimum atomic E-state index is -0.166. The summed E-state index contributed by atoms with van der Waals surface area (Å²) in [6, 6.07) is 10.6. The first kappa shape index (κ1) is 17.0. The average Bonchev–Trinajstić information content (AvgIpc) is 3.00. The summed E-state index contributed by atoms with van der Waals surface area (Å²) < 4.78 is 1.60. The minimum absolute atomic E-state index is 0.166. The van der Waals surface area contributed by atoms with Crippen molar-refractivity contribution < 1.29 is 4.79 Å². The highest BCUT2D eigenvalue weighted by Gasteiger charge is 2.27. The Morgan fingerprint density at radius 3 is 2.62 bits per heavy atom. The summed E-state index contributed by atoms with van der Waals surface area (Å²) in [4.78, 5) is 14.6. The quantitative estimate of drug-likeness (QED) is 0.777. The Labute approximate surface area is 146 Å². The monoisotopic (exact) mass is 345 g/mol. The molecule has 0 unspecified atom stereocenters. The molecule has 2 aromatic rings. The van der Waals surface area contributed by atoms with Crippen LogP contribution < -0.4 is 0 Å². The molecule has 1 aliphatic heterocycles. The van der Waals surface area contributed by atoms with Gasteiger partial charge in [0.2, 0.25) is 11.1 Å². The molecule has 0 radical (unpaired) electrons. The molecule has 1 aromatic heterocycles. The van der Waals surface area contributed by atoms with Gasteiger partial charge < -0.3 is 4.90 Å². The number of hydrogen-bond acceptors (Lipinski definition) is 5. The van der Waals surface area contributed by atoms with Crippen LogP contribution in [0.15, 0.2) is 35.5 Å². The van der Waals surface area contributed by atoms with E-state index in [4.69, 9.17) is 0 Å². The van der Waals surface area contributed by atoms with E-state index in [2.05, 4.69) is 45.9 Å². The van der Waals surface area contributed by atoms with Crippen molar-refractivity contribution in [3.8, 4) is 0 Å². The van der Waals surface area contributed by atoms with E-state index in [9.17, 15) is 4.79 Å². The topological polar surface area (TPSA) is 63.9 Å². The number of likely N-dealkylation sites (tertiary alicyclic amines) is 1. The van der Waals surface area contributed by atoms with Crippen molar-refractivity contribution in [3.05, 3.63) is 35.9 Å². The highest BCUT2D eigenvalue weighted by atomic mass is 32.2. The number of amides is 1. The van der Waals surface area contributed by atoms with Crippen molar-refractivity contribution >= 4 is 17.7 Å². The standard InChI is InChI=1S/C17H23N5OS/c1-13(24-17-18-19-20-21(17)2)16(23)22-10-8-15(9-11-22)12-14-6-4-3-5-7-14/h3-7,13,15H,8-12H2,1-2H3/t13-/m0/s1. The Hall–Kier alpha value is -1.89. The van der Waals surface area contributed by atoms with Gasteiger partial charge in [0.1, 0.15) is 0 Å². The number of hydrogen-bond donors (Lipinski definition) is 0. The van der Waals surface area contributed by atoms with Crippen molar-refractivity contribution in [2.45, 2.75) is 36.6 Å². The molecule has 1 atom stereocenters. The number of aryl methyl sites for hydroxylation is 1. The number of tetrazole rings is 1. The van der Waals surface area contributed by atoms with Gasteiger partial charge in [0.15, 0.2) is 0 Å². The molecule has 0 aliphatic carbocycles. The molecule has 0 saturated carbocycles. The molecule has 0 spiro atoms.